The molecule has 0 spiro atoms. The van der Waals surface area contributed by atoms with Gasteiger partial charge in [0.15, 0.2) is 0 Å². The van der Waals surface area contributed by atoms with Crippen LogP contribution < -0.4 is 5.32 Å². The summed E-state index contributed by atoms with van der Waals surface area (Å²) in [5.41, 5.74) is 0. The highest BCUT2D eigenvalue weighted by molar-refractivity contribution is 5.90. The Bertz CT molecular complexity index is 293. The van der Waals surface area contributed by atoms with Crippen molar-refractivity contribution >= 4 is 11.9 Å². The molecule has 0 bridgehead atoms. The van der Waals surface area contributed by atoms with Crippen LogP contribution >= 0.6 is 0 Å². The topological polar surface area (TPSA) is 59.8 Å². The van der Waals surface area contributed by atoms with E-state index in [1.807, 2.05) is 6.92 Å². The summed E-state index contributed by atoms with van der Waals surface area (Å²) in [7, 11) is 0. The van der Waals surface area contributed by atoms with Gasteiger partial charge in [0, 0.05) is 6.42 Å². The standard InChI is InChI=1S/C6H8N4O/c1-4-2-5(11)9-6-7-3-8-10(4)6/h3-4H,2H2,1H3,(H,7,8,9,11). The molecule has 1 amide bonds. The lowest BCUT2D eigenvalue weighted by molar-refractivity contribution is -0.117. The van der Waals surface area contributed by atoms with Gasteiger partial charge < -0.3 is 0 Å². The van der Waals surface area contributed by atoms with E-state index >= 15 is 0 Å². The van der Waals surface area contributed by atoms with Crippen molar-refractivity contribution < 1.29 is 4.79 Å². The van der Waals surface area contributed by atoms with E-state index in [0.717, 1.165) is 0 Å². The van der Waals surface area contributed by atoms with Gasteiger partial charge in [-0.15, -0.1) is 0 Å². The Hall–Kier alpha value is -1.39. The van der Waals surface area contributed by atoms with Crippen molar-refractivity contribution in [2.75, 3.05) is 5.32 Å². The van der Waals surface area contributed by atoms with Gasteiger partial charge in [-0.25, -0.2) is 4.68 Å². The zero-order valence-electron chi connectivity index (χ0n) is 6.11. The van der Waals surface area contributed by atoms with Crippen molar-refractivity contribution in [3.05, 3.63) is 6.33 Å². The minimum Gasteiger partial charge on any atom is -0.295 e. The fourth-order valence-electron chi connectivity index (χ4n) is 1.19. The predicted octanol–water partition coefficient (Wildman–Crippen LogP) is 0.181. The molecule has 58 valence electrons. The van der Waals surface area contributed by atoms with Crippen LogP contribution in [-0.2, 0) is 4.79 Å². The maximum Gasteiger partial charge on any atom is 0.228 e. The van der Waals surface area contributed by atoms with Crippen molar-refractivity contribution in [2.24, 2.45) is 0 Å². The lowest BCUT2D eigenvalue weighted by atomic mass is 10.2. The molecule has 1 unspecified atom stereocenters. The first kappa shape index (κ1) is 6.33. The van der Waals surface area contributed by atoms with E-state index in [0.29, 0.717) is 12.4 Å². The first-order valence-electron chi connectivity index (χ1n) is 3.47. The van der Waals surface area contributed by atoms with Gasteiger partial charge in [0.05, 0.1) is 6.04 Å². The Morgan fingerprint density at radius 3 is 3.45 bits per heavy atom. The minimum absolute atomic E-state index is 0.0120. The van der Waals surface area contributed by atoms with Crippen LogP contribution in [0.25, 0.3) is 0 Å². The van der Waals surface area contributed by atoms with Crippen molar-refractivity contribution in [1.29, 1.82) is 0 Å². The number of hydrogen-bond acceptors (Lipinski definition) is 3. The van der Waals surface area contributed by atoms with Crippen LogP contribution in [0.15, 0.2) is 6.33 Å². The molecule has 2 rings (SSSR count). The number of carbonyl (C=O) groups is 1. The molecule has 1 aliphatic heterocycles. The average Bonchev–Trinajstić information content (AvgIpc) is 2.34. The van der Waals surface area contributed by atoms with Crippen LogP contribution in [0.3, 0.4) is 0 Å². The molecule has 1 atom stereocenters. The number of amides is 1. The minimum atomic E-state index is 0.0120. The summed E-state index contributed by atoms with van der Waals surface area (Å²) in [4.78, 5) is 14.8. The zero-order chi connectivity index (χ0) is 7.84. The van der Waals surface area contributed by atoms with Crippen LogP contribution in [0.5, 0.6) is 0 Å². The monoisotopic (exact) mass is 152 g/mol. The third-order valence-electron chi connectivity index (χ3n) is 1.72. The quantitative estimate of drug-likeness (QED) is 0.577. The van der Waals surface area contributed by atoms with E-state index in [1.165, 1.54) is 6.33 Å². The van der Waals surface area contributed by atoms with Crippen molar-refractivity contribution in [3.63, 3.8) is 0 Å². The number of nitrogens with one attached hydrogen (secondary N) is 1. The normalized spacial score (nSPS) is 22.6. The number of nitrogens with zero attached hydrogens (tertiary/aromatic N) is 3. The number of anilines is 1. The summed E-state index contributed by atoms with van der Waals surface area (Å²) >= 11 is 0. The average molecular weight is 152 g/mol. The van der Waals surface area contributed by atoms with Gasteiger partial charge in [0.2, 0.25) is 11.9 Å². The molecule has 11 heavy (non-hydrogen) atoms. The molecule has 5 heteroatoms. The van der Waals surface area contributed by atoms with Crippen LogP contribution in [0.2, 0.25) is 0 Å². The molecule has 0 aromatic carbocycles. The lowest BCUT2D eigenvalue weighted by Crippen LogP contribution is -2.26. The number of hydrogen-bond donors (Lipinski definition) is 1. The molecule has 1 aromatic rings. The first-order valence-corrected chi connectivity index (χ1v) is 3.47. The van der Waals surface area contributed by atoms with E-state index in [1.54, 1.807) is 4.68 Å². The summed E-state index contributed by atoms with van der Waals surface area (Å²) in [5, 5.41) is 6.58. The molecule has 5 nitrogen and oxygen atoms in total. The highest BCUT2D eigenvalue weighted by Gasteiger charge is 2.21. The summed E-state index contributed by atoms with van der Waals surface area (Å²) in [6.07, 6.45) is 1.92. The summed E-state index contributed by atoms with van der Waals surface area (Å²) < 4.78 is 1.71. The first-order chi connectivity index (χ1) is 5.27. The van der Waals surface area contributed by atoms with E-state index in [-0.39, 0.29) is 11.9 Å². The van der Waals surface area contributed by atoms with E-state index in [4.69, 9.17) is 0 Å². The Morgan fingerprint density at radius 1 is 1.82 bits per heavy atom. The van der Waals surface area contributed by atoms with E-state index in [9.17, 15) is 4.79 Å². The molecular weight excluding hydrogens is 144 g/mol. The molecule has 0 saturated carbocycles. The van der Waals surface area contributed by atoms with Crippen molar-refractivity contribution in [1.82, 2.24) is 14.8 Å². The highest BCUT2D eigenvalue weighted by Crippen LogP contribution is 2.19. The molecule has 1 N–H and O–H groups in total. The number of carbonyl (C=O) groups excluding carboxylic acids is 1. The van der Waals surface area contributed by atoms with Gasteiger partial charge in [-0.3, -0.25) is 10.1 Å². The molecule has 1 aromatic heterocycles. The van der Waals surface area contributed by atoms with Gasteiger partial charge in [0.1, 0.15) is 6.33 Å². The lowest BCUT2D eigenvalue weighted by Gasteiger charge is -2.18. The Balaban J connectivity index is 2.43. The maximum atomic E-state index is 10.9. The smallest absolute Gasteiger partial charge is 0.228 e. The largest absolute Gasteiger partial charge is 0.295 e. The Morgan fingerprint density at radius 2 is 2.64 bits per heavy atom. The number of aromatic nitrogens is 3. The van der Waals surface area contributed by atoms with Gasteiger partial charge in [-0.1, -0.05) is 0 Å². The summed E-state index contributed by atoms with van der Waals surface area (Å²) in [6, 6.07) is 0.126. The Kier molecular flexibility index (Phi) is 1.18. The van der Waals surface area contributed by atoms with Gasteiger partial charge in [-0.2, -0.15) is 10.1 Å². The zero-order valence-corrected chi connectivity index (χ0v) is 6.11. The van der Waals surface area contributed by atoms with Crippen LogP contribution in [0, 0.1) is 0 Å². The molecule has 0 saturated heterocycles. The third-order valence-corrected chi connectivity index (χ3v) is 1.72. The summed E-state index contributed by atoms with van der Waals surface area (Å²) in [6.45, 7) is 1.94. The molecule has 1 aliphatic rings. The molecular formula is C6H8N4O. The number of fused-ring (bicyclic) bond motifs is 1. The second-order valence-electron chi connectivity index (χ2n) is 2.63. The van der Waals surface area contributed by atoms with Gasteiger partial charge in [0.25, 0.3) is 0 Å². The fraction of sp³-hybridized carbons (Fsp3) is 0.500. The van der Waals surface area contributed by atoms with Crippen molar-refractivity contribution in [2.45, 2.75) is 19.4 Å². The SMILES string of the molecule is CC1CC(=O)Nc2ncnn21. The third kappa shape index (κ3) is 0.886. The van der Waals surface area contributed by atoms with Crippen LogP contribution in [-0.4, -0.2) is 20.7 Å². The predicted molar refractivity (Wildman–Crippen MR) is 38.0 cm³/mol. The maximum absolute atomic E-state index is 10.9. The summed E-state index contributed by atoms with van der Waals surface area (Å²) in [5.74, 6) is 0.562. The molecule has 0 fully saturated rings. The molecule has 0 aliphatic carbocycles. The van der Waals surface area contributed by atoms with Crippen molar-refractivity contribution in [3.8, 4) is 0 Å². The van der Waals surface area contributed by atoms with E-state index in [2.05, 4.69) is 15.4 Å². The van der Waals surface area contributed by atoms with E-state index < -0.39 is 0 Å². The van der Waals surface area contributed by atoms with Gasteiger partial charge in [-0.05, 0) is 6.92 Å². The second kappa shape index (κ2) is 2.05. The second-order valence-corrected chi connectivity index (χ2v) is 2.63. The molecule has 0 radical (unpaired) electrons. The van der Waals surface area contributed by atoms with Crippen LogP contribution in [0.4, 0.5) is 5.95 Å². The van der Waals surface area contributed by atoms with Crippen LogP contribution in [0.1, 0.15) is 19.4 Å². The highest BCUT2D eigenvalue weighted by atomic mass is 16.2. The Labute approximate surface area is 63.4 Å². The molecule has 2 heterocycles. The number of rotatable bonds is 0. The fourth-order valence-corrected chi connectivity index (χ4v) is 1.19. The van der Waals surface area contributed by atoms with Gasteiger partial charge >= 0.3 is 0 Å².